The molecular formula is C21H26N2O3. The first-order valence-corrected chi connectivity index (χ1v) is 9.08. The molecule has 0 saturated carbocycles. The van der Waals surface area contributed by atoms with Gasteiger partial charge in [0.25, 0.3) is 5.91 Å². The number of anilines is 1. The van der Waals surface area contributed by atoms with Crippen LogP contribution in [0.15, 0.2) is 48.5 Å². The summed E-state index contributed by atoms with van der Waals surface area (Å²) in [5, 5.41) is 2.93. The van der Waals surface area contributed by atoms with Crippen molar-refractivity contribution in [2.75, 3.05) is 25.1 Å². The van der Waals surface area contributed by atoms with Crippen LogP contribution in [-0.2, 0) is 11.3 Å². The van der Waals surface area contributed by atoms with Crippen molar-refractivity contribution in [1.82, 2.24) is 5.32 Å². The standard InChI is InChI=1S/C21H26N2O3/c1-16(26-20-7-5-6-19(14-20)25-2)21(24)22-15-17-8-10-18(11-9-17)23-12-3-4-13-23/h5-11,14,16H,3-4,12-13,15H2,1-2H3,(H,22,24). The van der Waals surface area contributed by atoms with Gasteiger partial charge in [0, 0.05) is 31.4 Å². The van der Waals surface area contributed by atoms with Crippen LogP contribution in [0.25, 0.3) is 0 Å². The molecule has 138 valence electrons. The number of carbonyl (C=O) groups excluding carboxylic acids is 1. The van der Waals surface area contributed by atoms with Gasteiger partial charge in [-0.05, 0) is 49.6 Å². The summed E-state index contributed by atoms with van der Waals surface area (Å²) in [6.07, 6.45) is 1.96. The fourth-order valence-corrected chi connectivity index (χ4v) is 3.06. The predicted octanol–water partition coefficient (Wildman–Crippen LogP) is 3.38. The zero-order valence-corrected chi connectivity index (χ0v) is 15.4. The number of hydrogen-bond acceptors (Lipinski definition) is 4. The molecule has 3 rings (SSSR count). The summed E-state index contributed by atoms with van der Waals surface area (Å²) in [6, 6.07) is 15.6. The Morgan fingerprint density at radius 3 is 2.50 bits per heavy atom. The summed E-state index contributed by atoms with van der Waals surface area (Å²) in [5.74, 6) is 1.17. The molecule has 1 aliphatic heterocycles. The highest BCUT2D eigenvalue weighted by Crippen LogP contribution is 2.21. The van der Waals surface area contributed by atoms with Crippen LogP contribution >= 0.6 is 0 Å². The Hall–Kier alpha value is -2.69. The molecule has 26 heavy (non-hydrogen) atoms. The van der Waals surface area contributed by atoms with E-state index in [1.165, 1.54) is 18.5 Å². The number of amides is 1. The smallest absolute Gasteiger partial charge is 0.261 e. The van der Waals surface area contributed by atoms with Gasteiger partial charge >= 0.3 is 0 Å². The third-order valence-electron chi connectivity index (χ3n) is 4.60. The van der Waals surface area contributed by atoms with Gasteiger partial charge in [0.05, 0.1) is 7.11 Å². The van der Waals surface area contributed by atoms with Gasteiger partial charge in [-0.3, -0.25) is 4.79 Å². The predicted molar refractivity (Wildman–Crippen MR) is 103 cm³/mol. The molecule has 1 N–H and O–H groups in total. The van der Waals surface area contributed by atoms with Gasteiger partial charge in [0.15, 0.2) is 6.10 Å². The molecule has 0 bridgehead atoms. The van der Waals surface area contributed by atoms with E-state index in [2.05, 4.69) is 34.5 Å². The lowest BCUT2D eigenvalue weighted by atomic mass is 10.2. The fourth-order valence-electron chi connectivity index (χ4n) is 3.06. The average molecular weight is 354 g/mol. The number of nitrogens with one attached hydrogen (secondary N) is 1. The molecule has 5 heteroatoms. The molecule has 1 heterocycles. The van der Waals surface area contributed by atoms with Gasteiger partial charge in [0.2, 0.25) is 0 Å². The van der Waals surface area contributed by atoms with Crippen molar-refractivity contribution >= 4 is 11.6 Å². The van der Waals surface area contributed by atoms with Gasteiger partial charge in [-0.2, -0.15) is 0 Å². The molecule has 0 aromatic heterocycles. The summed E-state index contributed by atoms with van der Waals surface area (Å²) in [5.41, 5.74) is 2.34. The number of nitrogens with zero attached hydrogens (tertiary/aromatic N) is 1. The van der Waals surface area contributed by atoms with Gasteiger partial charge in [-0.1, -0.05) is 18.2 Å². The molecule has 0 spiro atoms. The third-order valence-corrected chi connectivity index (χ3v) is 4.60. The molecule has 1 amide bonds. The summed E-state index contributed by atoms with van der Waals surface area (Å²) in [6.45, 7) is 4.50. The van der Waals surface area contributed by atoms with Crippen molar-refractivity contribution in [2.45, 2.75) is 32.4 Å². The van der Waals surface area contributed by atoms with Crippen molar-refractivity contribution in [1.29, 1.82) is 0 Å². The quantitative estimate of drug-likeness (QED) is 0.828. The molecular weight excluding hydrogens is 328 g/mol. The van der Waals surface area contributed by atoms with Crippen LogP contribution in [0.2, 0.25) is 0 Å². The minimum Gasteiger partial charge on any atom is -0.497 e. The van der Waals surface area contributed by atoms with Gasteiger partial charge in [-0.25, -0.2) is 0 Å². The Morgan fingerprint density at radius 2 is 1.81 bits per heavy atom. The lowest BCUT2D eigenvalue weighted by Gasteiger charge is -2.18. The minimum atomic E-state index is -0.578. The maximum atomic E-state index is 12.3. The van der Waals surface area contributed by atoms with Crippen molar-refractivity contribution in [3.8, 4) is 11.5 Å². The number of rotatable bonds is 7. The Morgan fingerprint density at radius 1 is 1.12 bits per heavy atom. The molecule has 0 radical (unpaired) electrons. The van der Waals surface area contributed by atoms with Crippen LogP contribution in [-0.4, -0.2) is 32.2 Å². The first-order valence-electron chi connectivity index (χ1n) is 9.08. The van der Waals surface area contributed by atoms with Crippen molar-refractivity contribution in [3.05, 3.63) is 54.1 Å². The number of carbonyl (C=O) groups is 1. The zero-order chi connectivity index (χ0) is 18.4. The second kappa shape index (κ2) is 8.61. The SMILES string of the molecule is COc1cccc(OC(C)C(=O)NCc2ccc(N3CCCC3)cc2)c1. The first-order chi connectivity index (χ1) is 12.7. The number of methoxy groups -OCH3 is 1. The van der Waals surface area contributed by atoms with E-state index < -0.39 is 6.10 Å². The number of benzene rings is 2. The van der Waals surface area contributed by atoms with Gasteiger partial charge in [0.1, 0.15) is 11.5 Å². The first kappa shape index (κ1) is 18.1. The van der Waals surface area contributed by atoms with Crippen LogP contribution < -0.4 is 19.7 Å². The molecule has 1 atom stereocenters. The lowest BCUT2D eigenvalue weighted by molar-refractivity contribution is -0.127. The maximum absolute atomic E-state index is 12.3. The summed E-state index contributed by atoms with van der Waals surface area (Å²) < 4.78 is 10.9. The summed E-state index contributed by atoms with van der Waals surface area (Å²) in [4.78, 5) is 14.7. The van der Waals surface area contributed by atoms with Crippen LogP contribution in [0.5, 0.6) is 11.5 Å². The second-order valence-electron chi connectivity index (χ2n) is 6.52. The van der Waals surface area contributed by atoms with E-state index in [1.54, 1.807) is 20.1 Å². The molecule has 2 aromatic carbocycles. The van der Waals surface area contributed by atoms with Crippen LogP contribution in [0.1, 0.15) is 25.3 Å². The van der Waals surface area contributed by atoms with Crippen LogP contribution in [0.3, 0.4) is 0 Å². The minimum absolute atomic E-state index is 0.142. The lowest BCUT2D eigenvalue weighted by Crippen LogP contribution is -2.35. The Labute approximate surface area is 154 Å². The molecule has 2 aromatic rings. The highest BCUT2D eigenvalue weighted by Gasteiger charge is 2.15. The molecule has 0 aliphatic carbocycles. The maximum Gasteiger partial charge on any atom is 0.261 e. The van der Waals surface area contributed by atoms with E-state index in [-0.39, 0.29) is 5.91 Å². The number of ether oxygens (including phenoxy) is 2. The topological polar surface area (TPSA) is 50.8 Å². The normalized spacial score (nSPS) is 14.8. The Kier molecular flexibility index (Phi) is 6.00. The highest BCUT2D eigenvalue weighted by atomic mass is 16.5. The highest BCUT2D eigenvalue weighted by molar-refractivity contribution is 5.80. The van der Waals surface area contributed by atoms with Crippen LogP contribution in [0, 0.1) is 0 Å². The van der Waals surface area contributed by atoms with Crippen molar-refractivity contribution in [2.24, 2.45) is 0 Å². The average Bonchev–Trinajstić information content (AvgIpc) is 3.21. The summed E-state index contributed by atoms with van der Waals surface area (Å²) in [7, 11) is 1.60. The summed E-state index contributed by atoms with van der Waals surface area (Å²) >= 11 is 0. The molecule has 1 saturated heterocycles. The van der Waals surface area contributed by atoms with Crippen molar-refractivity contribution in [3.63, 3.8) is 0 Å². The molecule has 1 unspecified atom stereocenters. The van der Waals surface area contributed by atoms with E-state index in [4.69, 9.17) is 9.47 Å². The van der Waals surface area contributed by atoms with E-state index in [9.17, 15) is 4.79 Å². The fraction of sp³-hybridized carbons (Fsp3) is 0.381. The molecule has 1 aliphatic rings. The van der Waals surface area contributed by atoms with Crippen molar-refractivity contribution < 1.29 is 14.3 Å². The van der Waals surface area contributed by atoms with Gasteiger partial charge in [-0.15, -0.1) is 0 Å². The van der Waals surface area contributed by atoms with E-state index in [1.807, 2.05) is 18.2 Å². The Bertz CT molecular complexity index is 724. The molecule has 5 nitrogen and oxygen atoms in total. The third kappa shape index (κ3) is 4.69. The van der Waals surface area contributed by atoms with E-state index >= 15 is 0 Å². The largest absolute Gasteiger partial charge is 0.497 e. The monoisotopic (exact) mass is 354 g/mol. The van der Waals surface area contributed by atoms with Crippen LogP contribution in [0.4, 0.5) is 5.69 Å². The van der Waals surface area contributed by atoms with E-state index in [0.29, 0.717) is 18.0 Å². The Balaban J connectivity index is 1.49. The van der Waals surface area contributed by atoms with Gasteiger partial charge < -0.3 is 19.7 Å². The number of hydrogen-bond donors (Lipinski definition) is 1. The van der Waals surface area contributed by atoms with E-state index in [0.717, 1.165) is 18.7 Å². The molecule has 1 fully saturated rings. The zero-order valence-electron chi connectivity index (χ0n) is 15.4. The second-order valence-corrected chi connectivity index (χ2v) is 6.52.